The summed E-state index contributed by atoms with van der Waals surface area (Å²) in [6.45, 7) is 2.47. The van der Waals surface area contributed by atoms with Crippen LogP contribution >= 0.6 is 0 Å². The molecule has 0 aromatic heterocycles. The Balaban J connectivity index is 2.17. The van der Waals surface area contributed by atoms with E-state index in [4.69, 9.17) is 4.74 Å². The summed E-state index contributed by atoms with van der Waals surface area (Å²) in [5.74, 6) is -2.19. The predicted octanol–water partition coefficient (Wildman–Crippen LogP) is 0.0732. The zero-order chi connectivity index (χ0) is 21.1. The number of rotatable bonds is 7. The van der Waals surface area contributed by atoms with E-state index >= 15 is 0 Å². The summed E-state index contributed by atoms with van der Waals surface area (Å²) in [5, 5.41) is 0.348. The number of amides is 2. The Morgan fingerprint density at radius 3 is 2.32 bits per heavy atom. The van der Waals surface area contributed by atoms with E-state index in [9.17, 15) is 27.4 Å². The van der Waals surface area contributed by atoms with Gasteiger partial charge in [0, 0.05) is 0 Å². The number of likely N-dealkylation sites (tertiary alicyclic amines) is 1. The van der Waals surface area contributed by atoms with Crippen molar-refractivity contribution in [3.63, 3.8) is 0 Å². The highest BCUT2D eigenvalue weighted by molar-refractivity contribution is 7.86. The summed E-state index contributed by atoms with van der Waals surface area (Å²) >= 11 is 0. The molecule has 2 amide bonds. The van der Waals surface area contributed by atoms with Crippen LogP contribution in [0.4, 0.5) is 0 Å². The van der Waals surface area contributed by atoms with Crippen LogP contribution in [0.15, 0.2) is 41.6 Å². The van der Waals surface area contributed by atoms with E-state index in [0.29, 0.717) is 16.2 Å². The second kappa shape index (κ2) is 8.40. The molecular weight excluding hydrogens is 392 g/mol. The molecule has 28 heavy (non-hydrogen) atoms. The van der Waals surface area contributed by atoms with Crippen molar-refractivity contribution in [2.75, 3.05) is 13.7 Å². The SMILES string of the molecule is COC(=O)C(=C(C)C)N1C(=O)C(NC(=O)COc2ccccc2)C1S(=O)(=O)O. The Kier molecular flexibility index (Phi) is 6.41. The number of nitrogens with zero attached hydrogens (tertiary/aromatic N) is 1. The Morgan fingerprint density at radius 2 is 1.82 bits per heavy atom. The zero-order valence-corrected chi connectivity index (χ0v) is 16.2. The fourth-order valence-electron chi connectivity index (χ4n) is 2.66. The van der Waals surface area contributed by atoms with Crippen molar-refractivity contribution in [3.05, 3.63) is 41.6 Å². The second-order valence-corrected chi connectivity index (χ2v) is 7.61. The summed E-state index contributed by atoms with van der Waals surface area (Å²) in [6.07, 6.45) is 0. The first-order chi connectivity index (χ1) is 13.1. The molecule has 0 radical (unpaired) electrons. The molecule has 1 saturated heterocycles. The second-order valence-electron chi connectivity index (χ2n) is 6.10. The summed E-state index contributed by atoms with van der Waals surface area (Å²) in [6, 6.07) is 6.81. The van der Waals surface area contributed by atoms with E-state index in [1.807, 2.05) is 0 Å². The van der Waals surface area contributed by atoms with Crippen LogP contribution in [-0.4, -0.2) is 60.8 Å². The van der Waals surface area contributed by atoms with Crippen molar-refractivity contribution in [2.24, 2.45) is 0 Å². The molecular formula is C17H20N2O8S. The maximum Gasteiger partial charge on any atom is 0.354 e. The first-order valence-corrected chi connectivity index (χ1v) is 9.60. The molecule has 1 aromatic carbocycles. The Hall–Kier alpha value is -2.92. The number of carbonyl (C=O) groups excluding carboxylic acids is 3. The predicted molar refractivity (Wildman–Crippen MR) is 96.4 cm³/mol. The number of methoxy groups -OCH3 is 1. The van der Waals surface area contributed by atoms with Gasteiger partial charge < -0.3 is 14.8 Å². The lowest BCUT2D eigenvalue weighted by atomic mass is 10.0. The number of hydrogen-bond donors (Lipinski definition) is 2. The number of esters is 1. The molecule has 1 heterocycles. The van der Waals surface area contributed by atoms with Crippen LogP contribution in [0.5, 0.6) is 5.75 Å². The number of allylic oxidation sites excluding steroid dienone is 1. The normalized spacial score (nSPS) is 18.7. The summed E-state index contributed by atoms with van der Waals surface area (Å²) in [4.78, 5) is 37.0. The van der Waals surface area contributed by atoms with Crippen molar-refractivity contribution >= 4 is 27.9 Å². The molecule has 2 rings (SSSR count). The van der Waals surface area contributed by atoms with Gasteiger partial charge in [-0.2, -0.15) is 8.42 Å². The van der Waals surface area contributed by atoms with Gasteiger partial charge in [0.1, 0.15) is 17.5 Å². The smallest absolute Gasteiger partial charge is 0.354 e. The van der Waals surface area contributed by atoms with E-state index in [1.165, 1.54) is 13.8 Å². The Labute approximate surface area is 161 Å². The van der Waals surface area contributed by atoms with Crippen LogP contribution in [0, 0.1) is 0 Å². The number of carbonyl (C=O) groups is 3. The van der Waals surface area contributed by atoms with E-state index in [-0.39, 0.29) is 5.70 Å². The molecule has 2 unspecified atom stereocenters. The molecule has 1 aliphatic heterocycles. The molecule has 2 atom stereocenters. The fraction of sp³-hybridized carbons (Fsp3) is 0.353. The van der Waals surface area contributed by atoms with Gasteiger partial charge in [-0.05, 0) is 31.6 Å². The van der Waals surface area contributed by atoms with E-state index in [1.54, 1.807) is 30.3 Å². The lowest BCUT2D eigenvalue weighted by Gasteiger charge is -2.45. The highest BCUT2D eigenvalue weighted by Gasteiger charge is 2.58. The summed E-state index contributed by atoms with van der Waals surface area (Å²) in [5.41, 5.74) is -0.0211. The minimum absolute atomic E-state index is 0.297. The fourth-order valence-corrected chi connectivity index (χ4v) is 3.66. The standard InChI is InChI=1S/C17H20N2O8S/c1-10(2)14(17(22)26-3)19-15(21)13(16(19)28(23,24)25)18-12(20)9-27-11-7-5-4-6-8-11/h4-8,13,16H,9H2,1-3H3,(H,18,20)(H,23,24,25). The Bertz CT molecular complexity index is 906. The van der Waals surface area contributed by atoms with Crippen molar-refractivity contribution < 1.29 is 36.8 Å². The lowest BCUT2D eigenvalue weighted by molar-refractivity contribution is -0.152. The number of β-lactam (4-membered cyclic amide) rings is 1. The summed E-state index contributed by atoms with van der Waals surface area (Å²) in [7, 11) is -3.76. The molecule has 0 aliphatic carbocycles. The molecule has 1 aliphatic rings. The lowest BCUT2D eigenvalue weighted by Crippen LogP contribution is -2.73. The molecule has 1 aromatic rings. The third-order valence-corrected chi connectivity index (χ3v) is 4.96. The van der Waals surface area contributed by atoms with Crippen LogP contribution < -0.4 is 10.1 Å². The molecule has 11 heteroatoms. The van der Waals surface area contributed by atoms with Gasteiger partial charge in [-0.1, -0.05) is 18.2 Å². The number of nitrogens with one attached hydrogen (secondary N) is 1. The molecule has 1 fully saturated rings. The van der Waals surface area contributed by atoms with Gasteiger partial charge in [0.05, 0.1) is 7.11 Å². The minimum atomic E-state index is -4.82. The number of ether oxygens (including phenoxy) is 2. The molecule has 10 nitrogen and oxygen atoms in total. The van der Waals surface area contributed by atoms with Gasteiger partial charge >= 0.3 is 5.97 Å². The van der Waals surface area contributed by atoms with Crippen molar-refractivity contribution in [2.45, 2.75) is 25.3 Å². The Morgan fingerprint density at radius 1 is 1.21 bits per heavy atom. The van der Waals surface area contributed by atoms with E-state index < -0.39 is 45.9 Å². The van der Waals surface area contributed by atoms with Crippen molar-refractivity contribution in [3.8, 4) is 5.75 Å². The summed E-state index contributed by atoms with van der Waals surface area (Å²) < 4.78 is 42.9. The minimum Gasteiger partial charge on any atom is -0.484 e. The van der Waals surface area contributed by atoms with Crippen LogP contribution in [-0.2, 0) is 29.2 Å². The highest BCUT2D eigenvalue weighted by Crippen LogP contribution is 2.31. The number of hydrogen-bond acceptors (Lipinski definition) is 7. The molecule has 0 bridgehead atoms. The largest absolute Gasteiger partial charge is 0.484 e. The van der Waals surface area contributed by atoms with E-state index in [2.05, 4.69) is 10.1 Å². The van der Waals surface area contributed by atoms with Gasteiger partial charge in [0.25, 0.3) is 21.9 Å². The number of para-hydroxylation sites is 1. The maximum atomic E-state index is 12.4. The average Bonchev–Trinajstić information content (AvgIpc) is 2.63. The maximum absolute atomic E-state index is 12.4. The first kappa shape index (κ1) is 21.4. The van der Waals surface area contributed by atoms with Crippen molar-refractivity contribution in [1.82, 2.24) is 10.2 Å². The quantitative estimate of drug-likeness (QED) is 0.278. The van der Waals surface area contributed by atoms with Crippen LogP contribution in [0.2, 0.25) is 0 Å². The first-order valence-electron chi connectivity index (χ1n) is 8.10. The van der Waals surface area contributed by atoms with Gasteiger partial charge in [0.15, 0.2) is 12.0 Å². The van der Waals surface area contributed by atoms with Crippen LogP contribution in [0.25, 0.3) is 0 Å². The molecule has 0 spiro atoms. The zero-order valence-electron chi connectivity index (χ0n) is 15.4. The van der Waals surface area contributed by atoms with Gasteiger partial charge in [-0.25, -0.2) is 4.79 Å². The third kappa shape index (κ3) is 4.49. The average molecular weight is 412 g/mol. The van der Waals surface area contributed by atoms with Crippen LogP contribution in [0.1, 0.15) is 13.8 Å². The van der Waals surface area contributed by atoms with Gasteiger partial charge in [-0.15, -0.1) is 0 Å². The number of benzene rings is 1. The monoisotopic (exact) mass is 412 g/mol. The molecule has 2 N–H and O–H groups in total. The van der Waals surface area contributed by atoms with Gasteiger partial charge in [-0.3, -0.25) is 19.0 Å². The van der Waals surface area contributed by atoms with Gasteiger partial charge in [0.2, 0.25) is 0 Å². The highest BCUT2D eigenvalue weighted by atomic mass is 32.2. The third-order valence-electron chi connectivity index (χ3n) is 3.87. The van der Waals surface area contributed by atoms with Crippen LogP contribution in [0.3, 0.4) is 0 Å². The molecule has 0 saturated carbocycles. The van der Waals surface area contributed by atoms with Crippen molar-refractivity contribution in [1.29, 1.82) is 0 Å². The van der Waals surface area contributed by atoms with E-state index in [0.717, 1.165) is 7.11 Å². The molecule has 152 valence electrons. The topological polar surface area (TPSA) is 139 Å².